The first kappa shape index (κ1) is 18.0. The molecule has 102 valence electrons. The predicted molar refractivity (Wildman–Crippen MR) is 112 cm³/mol. The maximum Gasteiger partial charge on any atom is 0.0260 e. The molecule has 0 N–H and O–H groups in total. The third kappa shape index (κ3) is 5.77. The normalized spacial score (nSPS) is 8.60. The predicted octanol–water partition coefficient (Wildman–Crippen LogP) is 6.65. The lowest BCUT2D eigenvalue weighted by Gasteiger charge is -1.99. The fourth-order valence-corrected chi connectivity index (χ4v) is 2.53. The zero-order chi connectivity index (χ0) is 14.8. The van der Waals surface area contributed by atoms with Gasteiger partial charge in [0.05, 0.1) is 0 Å². The Bertz CT molecular complexity index is 631. The standard InChI is InChI=1S/C14H6I2S2.C2H6/c15-17-7-5-11-1-3-13-4-2-12(6-8-18-16)10-14(13)9-11;1-2/h1-4,9-10H;1-2H3. The Morgan fingerprint density at radius 1 is 0.750 bits per heavy atom. The number of hydrogen-bond acceptors (Lipinski definition) is 2. The summed E-state index contributed by atoms with van der Waals surface area (Å²) in [6.07, 6.45) is 0. The van der Waals surface area contributed by atoms with E-state index in [0.717, 1.165) is 11.1 Å². The molecule has 0 nitrogen and oxygen atoms in total. The molecule has 4 heteroatoms. The van der Waals surface area contributed by atoms with Crippen LogP contribution in [0, 0.1) is 22.3 Å². The van der Waals surface area contributed by atoms with Crippen molar-refractivity contribution in [2.75, 3.05) is 0 Å². The average Bonchev–Trinajstić information content (AvgIpc) is 2.52. The van der Waals surface area contributed by atoms with E-state index in [9.17, 15) is 0 Å². The van der Waals surface area contributed by atoms with Gasteiger partial charge in [-0.3, -0.25) is 0 Å². The van der Waals surface area contributed by atoms with E-state index in [1.54, 1.807) is 0 Å². The molecule has 0 saturated carbocycles. The third-order valence-electron chi connectivity index (χ3n) is 2.31. The van der Waals surface area contributed by atoms with Crippen molar-refractivity contribution >= 4 is 71.0 Å². The van der Waals surface area contributed by atoms with Crippen molar-refractivity contribution in [2.45, 2.75) is 13.8 Å². The van der Waals surface area contributed by atoms with E-state index < -0.39 is 0 Å². The topological polar surface area (TPSA) is 0 Å². The SMILES string of the molecule is CC.ISC#Cc1ccc2ccc(C#CSI)cc2c1. The van der Waals surface area contributed by atoms with Crippen molar-refractivity contribution in [3.63, 3.8) is 0 Å². The number of benzene rings is 2. The van der Waals surface area contributed by atoms with Gasteiger partial charge in [0.2, 0.25) is 0 Å². The fourth-order valence-electron chi connectivity index (χ4n) is 1.56. The van der Waals surface area contributed by atoms with Crippen LogP contribution >= 0.6 is 60.3 Å². The van der Waals surface area contributed by atoms with Gasteiger partial charge in [-0.25, -0.2) is 0 Å². The lowest BCUT2D eigenvalue weighted by molar-refractivity contribution is 1.50. The molecule has 0 fully saturated rings. The lowest BCUT2D eigenvalue weighted by Crippen LogP contribution is -1.79. The van der Waals surface area contributed by atoms with Crippen LogP contribution in [0.2, 0.25) is 0 Å². The smallest absolute Gasteiger partial charge is 0.0260 e. The van der Waals surface area contributed by atoms with Crippen LogP contribution in [-0.4, -0.2) is 0 Å². The molecule has 0 bridgehead atoms. The highest BCUT2D eigenvalue weighted by Gasteiger charge is 1.96. The molecule has 0 atom stereocenters. The van der Waals surface area contributed by atoms with Gasteiger partial charge in [-0.15, -0.1) is 0 Å². The van der Waals surface area contributed by atoms with Gasteiger partial charge in [-0.1, -0.05) is 37.8 Å². The van der Waals surface area contributed by atoms with Gasteiger partial charge >= 0.3 is 0 Å². The largest absolute Gasteiger partial charge is 0.0683 e. The Balaban J connectivity index is 0.000000956. The minimum Gasteiger partial charge on any atom is -0.0683 e. The molecular formula is C16H12I2S2. The molecule has 0 radical (unpaired) electrons. The highest BCUT2D eigenvalue weighted by Crippen LogP contribution is 2.18. The Morgan fingerprint density at radius 3 is 1.60 bits per heavy atom. The molecule has 0 heterocycles. The minimum atomic E-state index is 1.04. The first-order valence-corrected chi connectivity index (χ1v) is 12.7. The molecule has 0 aromatic heterocycles. The van der Waals surface area contributed by atoms with E-state index in [0.29, 0.717) is 0 Å². The summed E-state index contributed by atoms with van der Waals surface area (Å²) in [5.74, 6) is 6.23. The summed E-state index contributed by atoms with van der Waals surface area (Å²) in [7, 11) is 3.00. The molecule has 0 unspecified atom stereocenters. The van der Waals surface area contributed by atoms with Crippen LogP contribution in [0.4, 0.5) is 0 Å². The van der Waals surface area contributed by atoms with Gasteiger partial charge in [-0.2, -0.15) is 0 Å². The summed E-state index contributed by atoms with van der Waals surface area (Å²) in [6, 6.07) is 12.5. The van der Waals surface area contributed by atoms with E-state index in [4.69, 9.17) is 0 Å². The molecule has 0 aliphatic heterocycles. The van der Waals surface area contributed by atoms with Gasteiger partial charge in [-0.05, 0) is 63.4 Å². The first-order chi connectivity index (χ1) is 9.83. The molecule has 0 spiro atoms. The van der Waals surface area contributed by atoms with Crippen molar-refractivity contribution in [1.29, 1.82) is 0 Å². The van der Waals surface area contributed by atoms with Crippen molar-refractivity contribution < 1.29 is 0 Å². The number of fused-ring (bicyclic) bond motifs is 1. The summed E-state index contributed by atoms with van der Waals surface area (Å²) in [5, 5.41) is 8.40. The summed E-state index contributed by atoms with van der Waals surface area (Å²) >= 11 is 4.35. The van der Waals surface area contributed by atoms with Crippen molar-refractivity contribution in [1.82, 2.24) is 0 Å². The van der Waals surface area contributed by atoms with Crippen molar-refractivity contribution in [2.24, 2.45) is 0 Å². The van der Waals surface area contributed by atoms with E-state index in [-0.39, 0.29) is 0 Å². The Labute approximate surface area is 153 Å². The zero-order valence-corrected chi connectivity index (χ0v) is 17.0. The molecule has 0 amide bonds. The second-order valence-electron chi connectivity index (χ2n) is 3.39. The van der Waals surface area contributed by atoms with Gasteiger partial charge in [0.1, 0.15) is 0 Å². The van der Waals surface area contributed by atoms with Crippen LogP contribution in [0.15, 0.2) is 36.4 Å². The summed E-state index contributed by atoms with van der Waals surface area (Å²) in [6.45, 7) is 4.00. The molecule has 20 heavy (non-hydrogen) atoms. The maximum atomic E-state index is 3.11. The summed E-state index contributed by atoms with van der Waals surface area (Å²) < 4.78 is 0. The summed E-state index contributed by atoms with van der Waals surface area (Å²) in [4.78, 5) is 0. The molecule has 0 saturated heterocycles. The number of hydrogen-bond donors (Lipinski definition) is 0. The quantitative estimate of drug-likeness (QED) is 0.281. The van der Waals surface area contributed by atoms with E-state index in [2.05, 4.69) is 89.0 Å². The Hall–Kier alpha value is -0.0200. The Kier molecular flexibility index (Phi) is 9.62. The highest BCUT2D eigenvalue weighted by molar-refractivity contribution is 14.2. The third-order valence-corrected chi connectivity index (χ3v) is 3.99. The monoisotopic (exact) mass is 522 g/mol. The molecule has 2 aromatic rings. The van der Waals surface area contributed by atoms with Gasteiger partial charge in [0.25, 0.3) is 0 Å². The van der Waals surface area contributed by atoms with Crippen LogP contribution < -0.4 is 0 Å². The first-order valence-electron chi connectivity index (χ1n) is 5.94. The molecule has 0 aliphatic rings. The van der Waals surface area contributed by atoms with E-state index >= 15 is 0 Å². The lowest BCUT2D eigenvalue weighted by atomic mass is 10.0. The van der Waals surface area contributed by atoms with Crippen LogP contribution in [0.5, 0.6) is 0 Å². The molecular weight excluding hydrogens is 510 g/mol. The fraction of sp³-hybridized carbons (Fsp3) is 0.125. The maximum absolute atomic E-state index is 3.11. The minimum absolute atomic E-state index is 1.04. The van der Waals surface area contributed by atoms with Gasteiger partial charge < -0.3 is 0 Å². The second kappa shape index (κ2) is 10.7. The van der Waals surface area contributed by atoms with Gasteiger partial charge in [0.15, 0.2) is 0 Å². The second-order valence-corrected chi connectivity index (χ2v) is 6.74. The molecule has 0 aliphatic carbocycles. The van der Waals surface area contributed by atoms with Gasteiger partial charge in [0, 0.05) is 53.5 Å². The number of rotatable bonds is 0. The van der Waals surface area contributed by atoms with Crippen LogP contribution in [0.1, 0.15) is 25.0 Å². The number of halogens is 2. The summed E-state index contributed by atoms with van der Waals surface area (Å²) in [5.41, 5.74) is 2.08. The van der Waals surface area contributed by atoms with Crippen molar-refractivity contribution in [3.8, 4) is 22.3 Å². The molecule has 2 rings (SSSR count). The zero-order valence-electron chi connectivity index (χ0n) is 11.0. The average molecular weight is 522 g/mol. The van der Waals surface area contributed by atoms with Crippen LogP contribution in [-0.2, 0) is 0 Å². The Morgan fingerprint density at radius 2 is 1.20 bits per heavy atom. The highest BCUT2D eigenvalue weighted by atomic mass is 127. The van der Waals surface area contributed by atoms with E-state index in [1.165, 1.54) is 28.6 Å². The van der Waals surface area contributed by atoms with Crippen LogP contribution in [0.3, 0.4) is 0 Å². The molecule has 2 aromatic carbocycles. The van der Waals surface area contributed by atoms with Crippen LogP contribution in [0.25, 0.3) is 10.8 Å². The van der Waals surface area contributed by atoms with Crippen molar-refractivity contribution in [3.05, 3.63) is 47.5 Å². The van der Waals surface area contributed by atoms with E-state index in [1.807, 2.05) is 26.0 Å².